The molecule has 0 aliphatic carbocycles. The lowest BCUT2D eigenvalue weighted by Crippen LogP contribution is -1.98. The van der Waals surface area contributed by atoms with Crippen LogP contribution in [0.15, 0.2) is 24.3 Å². The van der Waals surface area contributed by atoms with Crippen LogP contribution in [0, 0.1) is 5.21 Å². The van der Waals surface area contributed by atoms with Crippen LogP contribution in [0.4, 0.5) is 0 Å². The maximum absolute atomic E-state index is 10.5. The van der Waals surface area contributed by atoms with Crippen LogP contribution in [0.1, 0.15) is 5.56 Å². The van der Waals surface area contributed by atoms with Gasteiger partial charge >= 0.3 is 0 Å². The van der Waals surface area contributed by atoms with Crippen molar-refractivity contribution in [1.29, 1.82) is 0 Å². The average molecular weight is 165 g/mol. The second kappa shape index (κ2) is 3.76. The smallest absolute Gasteiger partial charge is 0.178 e. The van der Waals surface area contributed by atoms with E-state index >= 15 is 0 Å². The van der Waals surface area contributed by atoms with E-state index in [1.165, 1.54) is 0 Å². The summed E-state index contributed by atoms with van der Waals surface area (Å²) >= 11 is 0. The van der Waals surface area contributed by atoms with E-state index in [2.05, 4.69) is 6.72 Å². The second-order valence-corrected chi connectivity index (χ2v) is 2.49. The van der Waals surface area contributed by atoms with Gasteiger partial charge in [0.2, 0.25) is 0 Å². The summed E-state index contributed by atoms with van der Waals surface area (Å²) in [6.45, 7) is 3.53. The lowest BCUT2D eigenvalue weighted by molar-refractivity contribution is -0.465. The molecule has 1 aromatic rings. The molecular weight excluding hydrogens is 154 g/mol. The Balaban J connectivity index is 2.71. The lowest BCUT2D eigenvalue weighted by Gasteiger charge is -2.02. The summed E-state index contributed by atoms with van der Waals surface area (Å²) in [4.78, 5) is 0. The molecule has 1 rings (SSSR count). The third kappa shape index (κ3) is 2.27. The summed E-state index contributed by atoms with van der Waals surface area (Å²) in [6, 6.07) is 7.32. The minimum absolute atomic E-state index is 0.310. The predicted octanol–water partition coefficient (Wildman–Crippen LogP) is 1.41. The number of hydrogen-bond donors (Lipinski definition) is 0. The number of hydroxylamine groups is 1. The van der Waals surface area contributed by atoms with Crippen molar-refractivity contribution in [2.45, 2.75) is 6.54 Å². The van der Waals surface area contributed by atoms with E-state index in [1.54, 1.807) is 7.11 Å². The second-order valence-electron chi connectivity index (χ2n) is 2.49. The molecule has 0 atom stereocenters. The quantitative estimate of drug-likeness (QED) is 0.294. The Morgan fingerprint density at radius 2 is 2.00 bits per heavy atom. The van der Waals surface area contributed by atoms with Gasteiger partial charge in [0.05, 0.1) is 7.11 Å². The highest BCUT2D eigenvalue weighted by Gasteiger charge is 1.96. The summed E-state index contributed by atoms with van der Waals surface area (Å²) in [5, 5.41) is 10.5. The zero-order valence-electron chi connectivity index (χ0n) is 6.99. The molecule has 0 amide bonds. The molecule has 12 heavy (non-hydrogen) atoms. The van der Waals surface area contributed by atoms with E-state index in [1.807, 2.05) is 24.3 Å². The third-order valence-electron chi connectivity index (χ3n) is 1.52. The summed E-state index contributed by atoms with van der Waals surface area (Å²) < 4.78 is 5.61. The van der Waals surface area contributed by atoms with E-state index < -0.39 is 0 Å². The van der Waals surface area contributed by atoms with Gasteiger partial charge in [-0.25, -0.2) is 4.74 Å². The van der Waals surface area contributed by atoms with Crippen LogP contribution in [0.5, 0.6) is 5.75 Å². The molecule has 3 nitrogen and oxygen atoms in total. The first-order chi connectivity index (χ1) is 5.72. The average Bonchev–Trinajstić information content (AvgIpc) is 2.05. The van der Waals surface area contributed by atoms with Crippen molar-refractivity contribution in [2.24, 2.45) is 0 Å². The molecule has 0 aliphatic rings. The molecule has 0 spiro atoms. The summed E-state index contributed by atoms with van der Waals surface area (Å²) in [5.41, 5.74) is 0.931. The maximum atomic E-state index is 10.5. The van der Waals surface area contributed by atoms with Crippen LogP contribution >= 0.6 is 0 Å². The molecule has 0 unspecified atom stereocenters. The highest BCUT2D eigenvalue weighted by Crippen LogP contribution is 2.11. The van der Waals surface area contributed by atoms with Gasteiger partial charge in [-0.15, -0.1) is 0 Å². The van der Waals surface area contributed by atoms with E-state index in [9.17, 15) is 5.21 Å². The fourth-order valence-electron chi connectivity index (χ4n) is 0.935. The van der Waals surface area contributed by atoms with Crippen LogP contribution in [-0.4, -0.2) is 18.6 Å². The summed E-state index contributed by atoms with van der Waals surface area (Å²) in [7, 11) is 1.61. The van der Waals surface area contributed by atoms with E-state index in [-0.39, 0.29) is 0 Å². The Labute approximate surface area is 71.5 Å². The molecular formula is C9H11NO2. The number of ether oxygens (including phenoxy) is 1. The van der Waals surface area contributed by atoms with Crippen molar-refractivity contribution >= 4 is 6.72 Å². The number of rotatable bonds is 3. The van der Waals surface area contributed by atoms with Crippen LogP contribution in [0.2, 0.25) is 0 Å². The van der Waals surface area contributed by atoms with Gasteiger partial charge in [0.25, 0.3) is 0 Å². The minimum Gasteiger partial charge on any atom is -0.624 e. The molecule has 0 radical (unpaired) electrons. The predicted molar refractivity (Wildman–Crippen MR) is 47.4 cm³/mol. The molecule has 1 aromatic carbocycles. The molecule has 0 aromatic heterocycles. The zero-order chi connectivity index (χ0) is 8.97. The van der Waals surface area contributed by atoms with E-state index in [0.717, 1.165) is 11.3 Å². The molecule has 0 N–H and O–H groups in total. The van der Waals surface area contributed by atoms with Crippen LogP contribution in [0.3, 0.4) is 0 Å². The van der Waals surface area contributed by atoms with Gasteiger partial charge in [0.1, 0.15) is 12.5 Å². The van der Waals surface area contributed by atoms with Gasteiger partial charge in [0, 0.05) is 5.56 Å². The van der Waals surface area contributed by atoms with Crippen molar-refractivity contribution < 1.29 is 9.48 Å². The van der Waals surface area contributed by atoms with Gasteiger partial charge in [0.15, 0.2) is 6.54 Å². The fourth-order valence-corrected chi connectivity index (χ4v) is 0.935. The van der Waals surface area contributed by atoms with Gasteiger partial charge in [-0.2, -0.15) is 0 Å². The summed E-state index contributed by atoms with van der Waals surface area (Å²) in [6.07, 6.45) is 0. The monoisotopic (exact) mass is 165 g/mol. The number of hydrogen-bond acceptors (Lipinski definition) is 2. The molecule has 0 bridgehead atoms. The van der Waals surface area contributed by atoms with Gasteiger partial charge < -0.3 is 9.94 Å². The Morgan fingerprint density at radius 3 is 2.42 bits per heavy atom. The van der Waals surface area contributed by atoms with Crippen molar-refractivity contribution in [3.63, 3.8) is 0 Å². The van der Waals surface area contributed by atoms with E-state index in [0.29, 0.717) is 11.3 Å². The lowest BCUT2D eigenvalue weighted by atomic mass is 10.2. The highest BCUT2D eigenvalue weighted by atomic mass is 16.5. The topological polar surface area (TPSA) is 35.3 Å². The molecule has 0 saturated heterocycles. The Morgan fingerprint density at radius 1 is 1.42 bits per heavy atom. The number of nitrogens with zero attached hydrogens (tertiary/aromatic N) is 1. The van der Waals surface area contributed by atoms with Crippen molar-refractivity contribution in [1.82, 2.24) is 0 Å². The third-order valence-corrected chi connectivity index (χ3v) is 1.52. The van der Waals surface area contributed by atoms with Crippen molar-refractivity contribution in [3.05, 3.63) is 35.0 Å². The Hall–Kier alpha value is -1.51. The maximum Gasteiger partial charge on any atom is 0.178 e. The van der Waals surface area contributed by atoms with Crippen LogP contribution in [0.25, 0.3) is 0 Å². The highest BCUT2D eigenvalue weighted by molar-refractivity contribution is 5.27. The van der Waals surface area contributed by atoms with Crippen molar-refractivity contribution in [3.8, 4) is 5.75 Å². The molecule has 0 heterocycles. The molecule has 0 aliphatic heterocycles. The molecule has 3 heteroatoms. The van der Waals surface area contributed by atoms with E-state index in [4.69, 9.17) is 4.74 Å². The first-order valence-corrected chi connectivity index (χ1v) is 3.60. The van der Waals surface area contributed by atoms with Gasteiger partial charge in [-0.05, 0) is 24.3 Å². The molecule has 64 valence electrons. The van der Waals surface area contributed by atoms with Crippen LogP contribution < -0.4 is 4.74 Å². The Bertz CT molecular complexity index is 266. The summed E-state index contributed by atoms with van der Waals surface area (Å²) in [5.74, 6) is 0.792. The number of benzene rings is 1. The van der Waals surface area contributed by atoms with Gasteiger partial charge in [-0.1, -0.05) is 0 Å². The Kier molecular flexibility index (Phi) is 2.69. The zero-order valence-corrected chi connectivity index (χ0v) is 6.99. The van der Waals surface area contributed by atoms with Crippen molar-refractivity contribution in [2.75, 3.05) is 7.11 Å². The van der Waals surface area contributed by atoms with Gasteiger partial charge in [-0.3, -0.25) is 0 Å². The largest absolute Gasteiger partial charge is 0.624 e. The minimum atomic E-state index is 0.310. The van der Waals surface area contributed by atoms with Crippen LogP contribution in [-0.2, 0) is 6.54 Å². The fraction of sp³-hybridized carbons (Fsp3) is 0.222. The molecule has 0 fully saturated rings. The standard InChI is InChI=1S/C9H11NO2/c1-10(11)7-8-3-5-9(12-2)6-4-8/h3-6H,1,7H2,2H3. The first kappa shape index (κ1) is 8.59. The normalized spacial score (nSPS) is 9.42. The SMILES string of the molecule is C=[N+]([O-])Cc1ccc(OC)cc1. The first-order valence-electron chi connectivity index (χ1n) is 3.60. The number of methoxy groups -OCH3 is 1. The molecule has 0 saturated carbocycles.